The Balaban J connectivity index is 2.03. The average molecular weight is 231 g/mol. The molecule has 0 aromatic carbocycles. The Bertz CT molecular complexity index is 63.5. The summed E-state index contributed by atoms with van der Waals surface area (Å²) in [6.07, 6.45) is 0. The molecule has 3 aliphatic heterocycles. The van der Waals surface area contributed by atoms with E-state index < -0.39 is 19.8 Å². The summed E-state index contributed by atoms with van der Waals surface area (Å²) in [6, 6.07) is 5.25. The van der Waals surface area contributed by atoms with E-state index in [-0.39, 0.29) is 0 Å². The zero-order chi connectivity index (χ0) is 5.40. The molecule has 3 saturated heterocycles. The van der Waals surface area contributed by atoms with Crippen LogP contribution in [0.1, 0.15) is 0 Å². The fraction of sp³-hybridized carbons (Fsp3) is 1.00. The van der Waals surface area contributed by atoms with Crippen molar-refractivity contribution in [3.05, 3.63) is 0 Å². The van der Waals surface area contributed by atoms with Gasteiger partial charge in [-0.3, -0.25) is 0 Å². The number of fused-ring (bicyclic) bond motifs is 3. The monoisotopic (exact) mass is 232 g/mol. The Morgan fingerprint density at radius 1 is 0.875 bits per heavy atom. The van der Waals surface area contributed by atoms with E-state index in [0.29, 0.717) is 8.80 Å². The average Bonchev–Trinajstić information content (AvgIpc) is 1.92. The van der Waals surface area contributed by atoms with Crippen LogP contribution in [0.15, 0.2) is 0 Å². The summed E-state index contributed by atoms with van der Waals surface area (Å²) in [5.74, 6) is 0. The van der Waals surface area contributed by atoms with E-state index in [4.69, 9.17) is 0 Å². The molecule has 0 spiro atoms. The first-order valence-electron chi connectivity index (χ1n) is 3.62. The van der Waals surface area contributed by atoms with Gasteiger partial charge in [-0.2, -0.15) is 0 Å². The molecule has 0 aliphatic carbocycles. The van der Waals surface area contributed by atoms with Crippen LogP contribution < -0.4 is 0 Å². The molecule has 3 aliphatic rings. The van der Waals surface area contributed by atoms with E-state index >= 15 is 0 Å². The summed E-state index contributed by atoms with van der Waals surface area (Å²) < 4.78 is 5.41. The first kappa shape index (κ1) is 5.77. The molecule has 0 saturated carbocycles. The van der Waals surface area contributed by atoms with Crippen molar-refractivity contribution >= 4 is 28.6 Å². The van der Waals surface area contributed by atoms with Gasteiger partial charge in [0.1, 0.15) is 0 Å². The third-order valence-electron chi connectivity index (χ3n) is 2.50. The molecule has 2 heteroatoms. The first-order chi connectivity index (χ1) is 3.95. The van der Waals surface area contributed by atoms with E-state index in [0.717, 1.165) is 0 Å². The van der Waals surface area contributed by atoms with E-state index in [9.17, 15) is 0 Å². The van der Waals surface area contributed by atoms with Crippen LogP contribution >= 0.6 is 0 Å². The Hall–Kier alpha value is 1.02. The van der Waals surface area contributed by atoms with Crippen LogP contribution in [-0.2, 0) is 0 Å². The first-order valence-corrected chi connectivity index (χ1v) is 11.8. The van der Waals surface area contributed by atoms with Gasteiger partial charge < -0.3 is 0 Å². The molecule has 0 nitrogen and oxygen atoms in total. The number of hydrogen-bond donors (Lipinski definition) is 0. The maximum atomic E-state index is 1.80. The molecule has 2 bridgehead atoms. The van der Waals surface area contributed by atoms with Crippen molar-refractivity contribution in [1.29, 1.82) is 0 Å². The van der Waals surface area contributed by atoms with Crippen LogP contribution in [-0.4, -0.2) is 28.6 Å². The van der Waals surface area contributed by atoms with E-state index in [2.05, 4.69) is 0 Å². The zero-order valence-electron chi connectivity index (χ0n) is 5.24. The van der Waals surface area contributed by atoms with Crippen LogP contribution in [0.2, 0.25) is 31.4 Å². The van der Waals surface area contributed by atoms with Crippen molar-refractivity contribution < 1.29 is 0 Å². The van der Waals surface area contributed by atoms with Crippen molar-refractivity contribution in [3.8, 4) is 0 Å². The second-order valence-corrected chi connectivity index (χ2v) is 14.6. The topological polar surface area (TPSA) is 0 Å². The van der Waals surface area contributed by atoms with Crippen molar-refractivity contribution in [2.24, 2.45) is 0 Å². The van der Waals surface area contributed by atoms with Gasteiger partial charge in [-0.25, -0.2) is 0 Å². The Labute approximate surface area is 60.0 Å². The molecular weight excluding hydrogens is 219 g/mol. The van der Waals surface area contributed by atoms with Crippen LogP contribution in [0, 0.1) is 0 Å². The van der Waals surface area contributed by atoms with Gasteiger partial charge in [0.25, 0.3) is 0 Å². The fourth-order valence-corrected chi connectivity index (χ4v) is 25.0. The molecule has 3 fully saturated rings. The molecule has 0 amide bonds. The molecule has 3 heterocycles. The fourth-order valence-electron chi connectivity index (χ4n) is 1.81. The van der Waals surface area contributed by atoms with E-state index in [1.807, 2.05) is 0 Å². The van der Waals surface area contributed by atoms with Crippen LogP contribution in [0.3, 0.4) is 0 Å². The van der Waals surface area contributed by atoms with Crippen molar-refractivity contribution in [1.82, 2.24) is 0 Å². The summed E-state index contributed by atoms with van der Waals surface area (Å²) in [5, 5.41) is 0. The van der Waals surface area contributed by atoms with Crippen LogP contribution in [0.5, 0.6) is 0 Å². The van der Waals surface area contributed by atoms with Gasteiger partial charge in [0.2, 0.25) is 0 Å². The van der Waals surface area contributed by atoms with Crippen molar-refractivity contribution in [2.45, 2.75) is 31.4 Å². The van der Waals surface area contributed by atoms with Gasteiger partial charge in [-0.05, 0) is 0 Å². The van der Waals surface area contributed by atoms with Crippen LogP contribution in [0.25, 0.3) is 0 Å². The second-order valence-electron chi connectivity index (χ2n) is 3.00. The van der Waals surface area contributed by atoms with Crippen molar-refractivity contribution in [2.75, 3.05) is 0 Å². The molecule has 0 aromatic heterocycles. The SMILES string of the molecule is C1[CH2][Sn]2[CH2]C[Si]1C[CH2]2. The second kappa shape index (κ2) is 2.33. The molecule has 0 N–H and O–H groups in total. The summed E-state index contributed by atoms with van der Waals surface area (Å²) in [4.78, 5) is 0. The number of hydrogen-bond acceptors (Lipinski definition) is 0. The normalized spacial score (nSPS) is 31.5. The molecule has 44 valence electrons. The van der Waals surface area contributed by atoms with Crippen molar-refractivity contribution in [3.63, 3.8) is 0 Å². The van der Waals surface area contributed by atoms with E-state index in [1.54, 1.807) is 31.4 Å². The van der Waals surface area contributed by atoms with E-state index in [1.165, 1.54) is 0 Å². The van der Waals surface area contributed by atoms with Gasteiger partial charge in [-0.15, -0.1) is 0 Å². The van der Waals surface area contributed by atoms with Gasteiger partial charge in [0, 0.05) is 0 Å². The minimum absolute atomic E-state index is 0.328. The Kier molecular flexibility index (Phi) is 1.68. The molecule has 0 unspecified atom stereocenters. The minimum atomic E-state index is -0.510. The van der Waals surface area contributed by atoms with Gasteiger partial charge in [-0.1, -0.05) is 0 Å². The summed E-state index contributed by atoms with van der Waals surface area (Å²) in [7, 11) is 0.328. The molecule has 3 rings (SSSR count). The molecule has 2 radical (unpaired) electrons. The Morgan fingerprint density at radius 2 is 1.38 bits per heavy atom. The summed E-state index contributed by atoms with van der Waals surface area (Å²) in [5.41, 5.74) is 0. The predicted molar refractivity (Wildman–Crippen MR) is 40.4 cm³/mol. The maximum absolute atomic E-state index is 1.80. The van der Waals surface area contributed by atoms with Gasteiger partial charge in [0.05, 0.1) is 0 Å². The third kappa shape index (κ3) is 0.990. The number of rotatable bonds is 0. The van der Waals surface area contributed by atoms with Gasteiger partial charge >= 0.3 is 60.0 Å². The Morgan fingerprint density at radius 3 is 1.50 bits per heavy atom. The third-order valence-corrected chi connectivity index (χ3v) is 17.8. The van der Waals surface area contributed by atoms with Crippen LogP contribution in [0.4, 0.5) is 0 Å². The zero-order valence-corrected chi connectivity index (χ0v) is 9.10. The molecule has 0 aromatic rings. The van der Waals surface area contributed by atoms with Gasteiger partial charge in [0.15, 0.2) is 0 Å². The molecular formula is C6H12SiSn. The molecule has 8 heavy (non-hydrogen) atoms. The summed E-state index contributed by atoms with van der Waals surface area (Å²) >= 11 is -0.510. The summed E-state index contributed by atoms with van der Waals surface area (Å²) in [6.45, 7) is 0. The standard InChI is InChI=1S/C6H12Si.Sn/c1-4-7(5-2)6-3;/h1-6H2;. The molecule has 0 atom stereocenters. The predicted octanol–water partition coefficient (Wildman–Crippen LogP) is 2.00. The quantitative estimate of drug-likeness (QED) is 0.559.